The monoisotopic (exact) mass is 180 g/mol. The molecular weight excluding hydrogens is 156 g/mol. The van der Waals surface area contributed by atoms with Crippen molar-refractivity contribution >= 4 is 0 Å². The van der Waals surface area contributed by atoms with Crippen molar-refractivity contribution in [1.82, 2.24) is 0 Å². The highest BCUT2D eigenvalue weighted by atomic mass is 14.6. The first-order valence-corrected chi connectivity index (χ1v) is 6.05. The van der Waals surface area contributed by atoms with E-state index in [0.29, 0.717) is 5.41 Å². The van der Waals surface area contributed by atoms with E-state index in [4.69, 9.17) is 0 Å². The van der Waals surface area contributed by atoms with Crippen LogP contribution in [0.2, 0.25) is 0 Å². The van der Waals surface area contributed by atoms with Gasteiger partial charge in [0, 0.05) is 0 Å². The molecule has 0 nitrogen and oxygen atoms in total. The Bertz CT molecular complexity index is 186. The van der Waals surface area contributed by atoms with E-state index in [1.807, 2.05) is 0 Å². The van der Waals surface area contributed by atoms with Gasteiger partial charge < -0.3 is 0 Å². The van der Waals surface area contributed by atoms with E-state index >= 15 is 0 Å². The van der Waals surface area contributed by atoms with Crippen molar-refractivity contribution in [2.75, 3.05) is 0 Å². The van der Waals surface area contributed by atoms with E-state index in [1.165, 1.54) is 25.7 Å². The molecule has 2 fully saturated rings. The Morgan fingerprint density at radius 1 is 1.15 bits per heavy atom. The van der Waals surface area contributed by atoms with Crippen molar-refractivity contribution in [3.8, 4) is 0 Å². The molecule has 0 aromatic heterocycles. The summed E-state index contributed by atoms with van der Waals surface area (Å²) >= 11 is 0. The molecule has 0 heterocycles. The summed E-state index contributed by atoms with van der Waals surface area (Å²) in [4.78, 5) is 0. The minimum Gasteiger partial charge on any atom is -0.0619 e. The van der Waals surface area contributed by atoms with E-state index in [9.17, 15) is 0 Å². The maximum Gasteiger partial charge on any atom is -0.0292 e. The molecule has 2 aliphatic rings. The van der Waals surface area contributed by atoms with Crippen molar-refractivity contribution in [2.45, 2.75) is 53.4 Å². The summed E-state index contributed by atoms with van der Waals surface area (Å²) in [5.41, 5.74) is 0.655. The molecule has 76 valence electrons. The number of hydrogen-bond acceptors (Lipinski definition) is 0. The van der Waals surface area contributed by atoms with Crippen LogP contribution in [0.5, 0.6) is 0 Å². The lowest BCUT2D eigenvalue weighted by Gasteiger charge is -2.20. The van der Waals surface area contributed by atoms with Gasteiger partial charge >= 0.3 is 0 Å². The highest BCUT2D eigenvalue weighted by molar-refractivity contribution is 5.05. The van der Waals surface area contributed by atoms with Gasteiger partial charge in [0.05, 0.1) is 0 Å². The zero-order valence-electron chi connectivity index (χ0n) is 9.64. The summed E-state index contributed by atoms with van der Waals surface area (Å²) in [6, 6.07) is 0. The van der Waals surface area contributed by atoms with Gasteiger partial charge in [0.2, 0.25) is 0 Å². The van der Waals surface area contributed by atoms with Crippen LogP contribution < -0.4 is 0 Å². The number of rotatable bonds is 2. The lowest BCUT2D eigenvalue weighted by atomic mass is 9.85. The topological polar surface area (TPSA) is 0 Å². The Kier molecular flexibility index (Phi) is 2.20. The van der Waals surface area contributed by atoms with Crippen LogP contribution in [0.15, 0.2) is 0 Å². The molecule has 0 aromatic rings. The summed E-state index contributed by atoms with van der Waals surface area (Å²) in [6.45, 7) is 9.85. The van der Waals surface area contributed by atoms with E-state index in [2.05, 4.69) is 27.7 Å². The van der Waals surface area contributed by atoms with Crippen LogP contribution in [0.25, 0.3) is 0 Å². The smallest absolute Gasteiger partial charge is 0.0292 e. The van der Waals surface area contributed by atoms with Crippen LogP contribution in [0.1, 0.15) is 53.4 Å². The third-order valence-electron chi connectivity index (χ3n) is 5.17. The molecule has 0 saturated heterocycles. The van der Waals surface area contributed by atoms with E-state index in [-0.39, 0.29) is 0 Å². The molecule has 2 aliphatic carbocycles. The zero-order valence-corrected chi connectivity index (χ0v) is 9.64. The van der Waals surface area contributed by atoms with Gasteiger partial charge in [-0.1, -0.05) is 53.4 Å². The molecule has 2 rings (SSSR count). The van der Waals surface area contributed by atoms with Crippen LogP contribution in [0, 0.1) is 29.1 Å². The standard InChI is InChI=1S/C13H24/c1-9(11-7-5-6-8-11)12-10(2)13(12,3)4/h9-12H,5-8H2,1-4H3. The predicted molar refractivity (Wildman–Crippen MR) is 57.6 cm³/mol. The highest BCUT2D eigenvalue weighted by Crippen LogP contribution is 2.63. The molecule has 0 spiro atoms. The second kappa shape index (κ2) is 3.00. The lowest BCUT2D eigenvalue weighted by Crippen LogP contribution is -2.12. The number of hydrogen-bond donors (Lipinski definition) is 0. The summed E-state index contributed by atoms with van der Waals surface area (Å²) < 4.78 is 0. The molecule has 0 heteroatoms. The van der Waals surface area contributed by atoms with Gasteiger partial charge in [-0.25, -0.2) is 0 Å². The first kappa shape index (κ1) is 9.55. The fraction of sp³-hybridized carbons (Fsp3) is 1.00. The predicted octanol–water partition coefficient (Wildman–Crippen LogP) is 4.10. The Hall–Kier alpha value is 0. The highest BCUT2D eigenvalue weighted by Gasteiger charge is 2.57. The van der Waals surface area contributed by atoms with E-state index in [1.54, 1.807) is 0 Å². The second-order valence-corrected chi connectivity index (χ2v) is 6.04. The molecule has 3 atom stereocenters. The summed E-state index contributed by atoms with van der Waals surface area (Å²) in [5, 5.41) is 0. The molecule has 13 heavy (non-hydrogen) atoms. The van der Waals surface area contributed by atoms with Crippen molar-refractivity contribution in [1.29, 1.82) is 0 Å². The first-order valence-electron chi connectivity index (χ1n) is 6.05. The Morgan fingerprint density at radius 3 is 2.00 bits per heavy atom. The first-order chi connectivity index (χ1) is 6.05. The van der Waals surface area contributed by atoms with Gasteiger partial charge in [0.15, 0.2) is 0 Å². The Balaban J connectivity index is 1.95. The Labute approximate surface area is 83.1 Å². The van der Waals surface area contributed by atoms with Crippen LogP contribution in [-0.2, 0) is 0 Å². The maximum atomic E-state index is 2.51. The lowest BCUT2D eigenvalue weighted by molar-refractivity contribution is 0.292. The minimum absolute atomic E-state index is 0.655. The normalized spacial score (nSPS) is 40.6. The van der Waals surface area contributed by atoms with Gasteiger partial charge in [0.25, 0.3) is 0 Å². The van der Waals surface area contributed by atoms with Gasteiger partial charge in [-0.2, -0.15) is 0 Å². The second-order valence-electron chi connectivity index (χ2n) is 6.04. The van der Waals surface area contributed by atoms with E-state index < -0.39 is 0 Å². The third-order valence-corrected chi connectivity index (χ3v) is 5.17. The molecule has 0 N–H and O–H groups in total. The molecule has 3 unspecified atom stereocenters. The average molecular weight is 180 g/mol. The van der Waals surface area contributed by atoms with Gasteiger partial charge in [-0.3, -0.25) is 0 Å². The fourth-order valence-electron chi connectivity index (χ4n) is 3.85. The quantitative estimate of drug-likeness (QED) is 0.600. The third kappa shape index (κ3) is 1.43. The molecule has 0 aromatic carbocycles. The van der Waals surface area contributed by atoms with Crippen LogP contribution >= 0.6 is 0 Å². The van der Waals surface area contributed by atoms with Crippen molar-refractivity contribution < 1.29 is 0 Å². The van der Waals surface area contributed by atoms with E-state index in [0.717, 1.165) is 23.7 Å². The molecule has 2 saturated carbocycles. The zero-order chi connectivity index (χ0) is 9.64. The minimum atomic E-state index is 0.655. The van der Waals surface area contributed by atoms with Crippen LogP contribution in [-0.4, -0.2) is 0 Å². The summed E-state index contributed by atoms with van der Waals surface area (Å²) in [5.74, 6) is 4.06. The average Bonchev–Trinajstić information content (AvgIpc) is 2.57. The van der Waals surface area contributed by atoms with Gasteiger partial charge in [-0.15, -0.1) is 0 Å². The molecule has 0 aliphatic heterocycles. The Morgan fingerprint density at radius 2 is 1.62 bits per heavy atom. The van der Waals surface area contributed by atoms with Crippen molar-refractivity contribution in [3.05, 3.63) is 0 Å². The molecule has 0 radical (unpaired) electrons. The maximum absolute atomic E-state index is 2.51. The van der Waals surface area contributed by atoms with Gasteiger partial charge in [0.1, 0.15) is 0 Å². The fourth-order valence-corrected chi connectivity index (χ4v) is 3.85. The van der Waals surface area contributed by atoms with Crippen molar-refractivity contribution in [3.63, 3.8) is 0 Å². The molecular formula is C13H24. The van der Waals surface area contributed by atoms with Gasteiger partial charge in [-0.05, 0) is 29.1 Å². The van der Waals surface area contributed by atoms with Crippen LogP contribution in [0.4, 0.5) is 0 Å². The molecule has 0 bridgehead atoms. The largest absolute Gasteiger partial charge is 0.0619 e. The summed E-state index contributed by atoms with van der Waals surface area (Å²) in [6.07, 6.45) is 6.02. The summed E-state index contributed by atoms with van der Waals surface area (Å²) in [7, 11) is 0. The van der Waals surface area contributed by atoms with Crippen LogP contribution in [0.3, 0.4) is 0 Å². The van der Waals surface area contributed by atoms with Crippen molar-refractivity contribution in [2.24, 2.45) is 29.1 Å². The molecule has 0 amide bonds. The SMILES string of the molecule is CC(C1CCCC1)C1C(C)C1(C)C.